The summed E-state index contributed by atoms with van der Waals surface area (Å²) in [6.07, 6.45) is 0. The molecular weight excluding hydrogens is 826 g/mol. The minimum absolute atomic E-state index is 0. The Morgan fingerprint density at radius 2 is 0.878 bits per heavy atom. The average molecular weight is 885 g/mol. The van der Waals surface area contributed by atoms with Crippen LogP contribution in [0.1, 0.15) is 5.56 Å². The van der Waals surface area contributed by atoms with Crippen LogP contribution < -0.4 is 10.6 Å². The molecule has 1 atom stereocenters. The zero-order valence-electron chi connectivity index (χ0n) is 31.4. The van der Waals surface area contributed by atoms with Gasteiger partial charge in [0, 0.05) is 25.8 Å². The van der Waals surface area contributed by atoms with E-state index in [9.17, 15) is 0 Å². The van der Waals surface area contributed by atoms with Gasteiger partial charge in [-0.2, -0.15) is 5.91 Å². The third-order valence-electron chi connectivity index (χ3n) is 5.58. The van der Waals surface area contributed by atoms with Crippen LogP contribution in [0.5, 0.6) is 0 Å². The number of benzene rings is 5. The van der Waals surface area contributed by atoms with E-state index in [0.717, 1.165) is 5.69 Å². The second-order valence-electron chi connectivity index (χ2n) is 15.6. The molecule has 0 heterocycles. The Kier molecular flexibility index (Phi) is 20.3. The maximum atomic E-state index is 5.24. The van der Waals surface area contributed by atoms with Crippen LogP contribution in [0.15, 0.2) is 133 Å². The molecule has 5 rings (SSSR count). The fraction of sp³-hybridized carbons (Fsp3) is 0.262. The topological polar surface area (TPSA) is 28.2 Å². The molecule has 262 valence electrons. The van der Waals surface area contributed by atoms with E-state index in [2.05, 4.69) is 206 Å². The first kappa shape index (κ1) is 45.1. The standard InChI is InChI=1S/C30H25N2P.3C4H11Si.Hf/c1-4-12-24(13-5-1)23-31-30(32-27-21-20-25-14-10-11-15-26(25)22-27)33(28-16-6-2-7-17-28)29-18-8-3-9-19-29;3*1-5(2,3)4;/h1-22,30H,23H2;3*1H2,2-4H3;/q-2;3*-1;. The number of hydrogen-bond donors (Lipinski definition) is 0. The van der Waals surface area contributed by atoms with Crippen molar-refractivity contribution in [3.63, 3.8) is 0 Å². The van der Waals surface area contributed by atoms with Gasteiger partial charge in [-0.15, -0.1) is 36.5 Å². The molecule has 0 fully saturated rings. The predicted octanol–water partition coefficient (Wildman–Crippen LogP) is 12.9. The van der Waals surface area contributed by atoms with Crippen molar-refractivity contribution in [3.05, 3.63) is 169 Å². The van der Waals surface area contributed by atoms with E-state index in [0.29, 0.717) is 6.54 Å². The van der Waals surface area contributed by atoms with E-state index < -0.39 is 32.1 Å². The van der Waals surface area contributed by atoms with Gasteiger partial charge in [0.2, 0.25) is 0 Å². The summed E-state index contributed by atoms with van der Waals surface area (Å²) in [5, 5.41) is 15.4. The summed E-state index contributed by atoms with van der Waals surface area (Å²) in [6.45, 7) is 32.3. The summed E-state index contributed by atoms with van der Waals surface area (Å²) in [5.74, 6) is -0.189. The van der Waals surface area contributed by atoms with Crippen molar-refractivity contribution in [1.82, 2.24) is 0 Å². The minimum Gasteiger partial charge on any atom is -0.695 e. The number of hydrogen-bond acceptors (Lipinski definition) is 0. The van der Waals surface area contributed by atoms with Crippen LogP contribution in [0.25, 0.3) is 21.4 Å². The Labute approximate surface area is 323 Å². The van der Waals surface area contributed by atoms with Gasteiger partial charge in [-0.1, -0.05) is 206 Å². The van der Waals surface area contributed by atoms with Gasteiger partial charge < -0.3 is 30.3 Å². The fourth-order valence-corrected chi connectivity index (χ4v) is 6.25. The average Bonchev–Trinajstić information content (AvgIpc) is 2.99. The molecule has 0 aliphatic carbocycles. The molecule has 49 heavy (non-hydrogen) atoms. The maximum Gasteiger partial charge on any atom is 0 e. The quantitative estimate of drug-likeness (QED) is 0.0844. The van der Waals surface area contributed by atoms with Crippen molar-refractivity contribution >= 4 is 59.2 Å². The minimum atomic E-state index is -0.861. The SMILES string of the molecule is [CH2-][Si](C)(C)C.[CH2-][Si](C)(C)C.[CH2-][Si](C)(C)C.[Hf].c1ccc(C[N-]C([N-]c2ccc3ccccc3c2)P(c2ccccc2)c2ccccc2)cc1. The second-order valence-corrected chi connectivity index (χ2v) is 33.2. The van der Waals surface area contributed by atoms with E-state index in [1.54, 1.807) is 0 Å². The van der Waals surface area contributed by atoms with Gasteiger partial charge in [0.25, 0.3) is 0 Å². The van der Waals surface area contributed by atoms with Crippen molar-refractivity contribution in [2.24, 2.45) is 0 Å². The Hall–Kier alpha value is -1.93. The summed E-state index contributed by atoms with van der Waals surface area (Å²) in [5.41, 5.74) is 2.17. The molecule has 0 N–H and O–H groups in total. The van der Waals surface area contributed by atoms with Crippen LogP contribution in [-0.4, -0.2) is 30.1 Å². The Morgan fingerprint density at radius 1 is 0.510 bits per heavy atom. The van der Waals surface area contributed by atoms with E-state index in [4.69, 9.17) is 10.6 Å². The van der Waals surface area contributed by atoms with Crippen molar-refractivity contribution < 1.29 is 25.8 Å². The largest absolute Gasteiger partial charge is 0.695 e. The van der Waals surface area contributed by atoms with Crippen LogP contribution >= 0.6 is 7.92 Å². The molecule has 5 aromatic carbocycles. The number of nitrogens with zero attached hydrogens (tertiary/aromatic N) is 2. The van der Waals surface area contributed by atoms with Crippen LogP contribution in [-0.2, 0) is 32.4 Å². The smallest absolute Gasteiger partial charge is 0 e. The van der Waals surface area contributed by atoms with Gasteiger partial charge in [0.05, 0.1) is 0 Å². The monoisotopic (exact) mass is 885 g/mol. The summed E-state index contributed by atoms with van der Waals surface area (Å²) >= 11 is 0. The van der Waals surface area contributed by atoms with Crippen LogP contribution in [0, 0.1) is 19.6 Å². The summed E-state index contributed by atoms with van der Waals surface area (Å²) in [6, 6.07) is 46.7. The molecule has 0 aromatic heterocycles. The number of rotatable bonds is 8. The van der Waals surface area contributed by atoms with Gasteiger partial charge in [-0.05, 0) is 21.4 Å². The molecule has 0 bridgehead atoms. The molecule has 0 spiro atoms. The molecule has 0 aliphatic heterocycles. The molecule has 0 saturated carbocycles. The zero-order valence-corrected chi connectivity index (χ0v) is 38.9. The van der Waals surface area contributed by atoms with Gasteiger partial charge >= 0.3 is 0 Å². The molecule has 0 saturated heterocycles. The van der Waals surface area contributed by atoms with Crippen molar-refractivity contribution in [3.8, 4) is 0 Å². The van der Waals surface area contributed by atoms with E-state index >= 15 is 0 Å². The van der Waals surface area contributed by atoms with Gasteiger partial charge in [-0.3, -0.25) is 0 Å². The molecule has 0 amide bonds. The molecule has 5 aromatic rings. The first-order valence-corrected chi connectivity index (χ1v) is 29.3. The van der Waals surface area contributed by atoms with Crippen molar-refractivity contribution in [1.29, 1.82) is 0 Å². The first-order valence-electron chi connectivity index (χ1n) is 16.7. The zero-order chi connectivity index (χ0) is 35.8. The fourth-order valence-electron chi connectivity index (χ4n) is 3.93. The van der Waals surface area contributed by atoms with Crippen LogP contribution in [0.2, 0.25) is 58.9 Å². The molecular formula is C42H58HfN2PSi3-5. The molecule has 2 nitrogen and oxygen atoms in total. The van der Waals surface area contributed by atoms with Gasteiger partial charge in [0.15, 0.2) is 0 Å². The normalized spacial score (nSPS) is 11.8. The summed E-state index contributed by atoms with van der Waals surface area (Å²) < 4.78 is 0. The second kappa shape index (κ2) is 22.1. The van der Waals surface area contributed by atoms with E-state index in [1.807, 2.05) is 6.07 Å². The number of fused-ring (bicyclic) bond motifs is 1. The summed E-state index contributed by atoms with van der Waals surface area (Å²) in [7, 11) is -3.39. The van der Waals surface area contributed by atoms with Gasteiger partial charge in [-0.25, -0.2) is 0 Å². The molecule has 1 unspecified atom stereocenters. The predicted molar refractivity (Wildman–Crippen MR) is 229 cm³/mol. The van der Waals surface area contributed by atoms with E-state index in [-0.39, 0.29) is 31.8 Å². The molecule has 7 heteroatoms. The Morgan fingerprint density at radius 3 is 1.31 bits per heavy atom. The first-order chi connectivity index (χ1) is 22.4. The van der Waals surface area contributed by atoms with Crippen molar-refractivity contribution in [2.45, 2.75) is 71.4 Å². The van der Waals surface area contributed by atoms with Gasteiger partial charge in [0.1, 0.15) is 0 Å². The van der Waals surface area contributed by atoms with Crippen LogP contribution in [0.4, 0.5) is 5.69 Å². The Balaban J connectivity index is 0.000000633. The van der Waals surface area contributed by atoms with E-state index in [1.165, 1.54) is 26.9 Å². The molecule has 0 aliphatic rings. The summed E-state index contributed by atoms with van der Waals surface area (Å²) in [4.78, 5) is 0. The third-order valence-corrected chi connectivity index (χ3v) is 8.03. The molecule has 0 radical (unpaired) electrons. The maximum absolute atomic E-state index is 5.24. The van der Waals surface area contributed by atoms with Crippen LogP contribution in [0.3, 0.4) is 0 Å². The third kappa shape index (κ3) is 22.5. The Bertz CT molecular complexity index is 1500. The van der Waals surface area contributed by atoms with Crippen molar-refractivity contribution in [2.75, 3.05) is 0 Å².